The van der Waals surface area contributed by atoms with E-state index in [1.165, 1.54) is 4.90 Å². The van der Waals surface area contributed by atoms with Gasteiger partial charge >= 0.3 is 0 Å². The van der Waals surface area contributed by atoms with Crippen LogP contribution >= 0.6 is 12.2 Å². The lowest BCUT2D eigenvalue weighted by Crippen LogP contribution is -2.38. The minimum Gasteiger partial charge on any atom is -0.393 e. The number of thiocarbonyl (C=S) groups is 1. The van der Waals surface area contributed by atoms with Crippen molar-refractivity contribution in [1.82, 2.24) is 10.2 Å². The predicted molar refractivity (Wildman–Crippen MR) is 57.7 cm³/mol. The van der Waals surface area contributed by atoms with E-state index in [2.05, 4.69) is 17.5 Å². The molecule has 0 rings (SSSR count). The molecule has 0 aliphatic carbocycles. The molecule has 0 atom stereocenters. The molecule has 0 fully saturated rings. The van der Waals surface area contributed by atoms with Crippen LogP contribution in [-0.2, 0) is 9.59 Å². The minimum atomic E-state index is -0.324. The summed E-state index contributed by atoms with van der Waals surface area (Å²) in [6, 6.07) is 0. The number of hydrogen-bond donors (Lipinski definition) is 2. The number of nitrogens with one attached hydrogen (secondary N) is 1. The van der Waals surface area contributed by atoms with Crippen molar-refractivity contribution in [2.75, 3.05) is 20.1 Å². The molecule has 0 saturated carbocycles. The first kappa shape index (κ1) is 12.8. The summed E-state index contributed by atoms with van der Waals surface area (Å²) in [6.07, 6.45) is -0.0154. The fourth-order valence-electron chi connectivity index (χ4n) is 0.706. The largest absolute Gasteiger partial charge is 0.393 e. The van der Waals surface area contributed by atoms with Gasteiger partial charge in [0, 0.05) is 13.6 Å². The normalized spacial score (nSPS) is 9.29. The lowest BCUT2D eigenvalue weighted by molar-refractivity contribution is -0.131. The number of hydrogen-bond acceptors (Lipinski definition) is 3. The average molecular weight is 217 g/mol. The smallest absolute Gasteiger partial charge is 0.241 e. The Morgan fingerprint density at radius 2 is 2.07 bits per heavy atom. The summed E-state index contributed by atoms with van der Waals surface area (Å²) in [5, 5.41) is 2.43. The van der Waals surface area contributed by atoms with E-state index >= 15 is 0 Å². The highest BCUT2D eigenvalue weighted by molar-refractivity contribution is 7.80. The Morgan fingerprint density at radius 1 is 1.50 bits per heavy atom. The fourth-order valence-corrected chi connectivity index (χ4v) is 0.837. The van der Waals surface area contributed by atoms with Crippen LogP contribution in [0.1, 0.15) is 13.3 Å². The second-order valence-electron chi connectivity index (χ2n) is 2.83. The van der Waals surface area contributed by atoms with Crippen molar-refractivity contribution in [2.24, 2.45) is 5.73 Å². The zero-order chi connectivity index (χ0) is 11.1. The Kier molecular flexibility index (Phi) is 5.78. The third-order valence-electron chi connectivity index (χ3n) is 1.67. The molecule has 0 unspecified atom stereocenters. The molecule has 6 heteroatoms. The Morgan fingerprint density at radius 3 is 2.50 bits per heavy atom. The quantitative estimate of drug-likeness (QED) is 0.595. The molecule has 0 bridgehead atoms. The standard InChI is InChI=1S/C8H15N3O2S/c1-3-11(2)8(13)5-10-7(12)4-6(9)14/h3-5H2,1-2H3,(H2,9,14)(H,10,12). The van der Waals surface area contributed by atoms with E-state index < -0.39 is 0 Å². The average Bonchev–Trinajstić information content (AvgIpc) is 2.11. The molecule has 80 valence electrons. The predicted octanol–water partition coefficient (Wildman–Crippen LogP) is -0.743. The second-order valence-corrected chi connectivity index (χ2v) is 3.35. The molecule has 0 radical (unpaired) electrons. The van der Waals surface area contributed by atoms with E-state index in [1.54, 1.807) is 7.05 Å². The van der Waals surface area contributed by atoms with Crippen molar-refractivity contribution >= 4 is 29.0 Å². The van der Waals surface area contributed by atoms with E-state index in [4.69, 9.17) is 5.73 Å². The molecule has 0 saturated heterocycles. The van der Waals surface area contributed by atoms with Crippen molar-refractivity contribution in [1.29, 1.82) is 0 Å². The van der Waals surface area contributed by atoms with Crippen LogP contribution in [0.4, 0.5) is 0 Å². The molecular weight excluding hydrogens is 202 g/mol. The summed E-state index contributed by atoms with van der Waals surface area (Å²) in [7, 11) is 1.67. The van der Waals surface area contributed by atoms with Gasteiger partial charge in [-0.3, -0.25) is 9.59 Å². The summed E-state index contributed by atoms with van der Waals surface area (Å²) >= 11 is 4.55. The lowest BCUT2D eigenvalue weighted by atomic mass is 10.4. The van der Waals surface area contributed by atoms with Gasteiger partial charge in [-0.25, -0.2) is 0 Å². The third-order valence-corrected chi connectivity index (χ3v) is 1.82. The van der Waals surface area contributed by atoms with E-state index in [1.807, 2.05) is 6.92 Å². The van der Waals surface area contributed by atoms with Crippen LogP contribution in [0.2, 0.25) is 0 Å². The minimum absolute atomic E-state index is 0.00815. The molecule has 0 aromatic heterocycles. The van der Waals surface area contributed by atoms with Crippen molar-refractivity contribution in [3.63, 3.8) is 0 Å². The number of nitrogens with zero attached hydrogens (tertiary/aromatic N) is 1. The number of rotatable bonds is 5. The van der Waals surface area contributed by atoms with Gasteiger partial charge in [0.25, 0.3) is 0 Å². The maximum Gasteiger partial charge on any atom is 0.241 e. The molecule has 2 amide bonds. The Labute approximate surface area is 88.6 Å². The van der Waals surface area contributed by atoms with Crippen LogP contribution in [0.5, 0.6) is 0 Å². The Hall–Kier alpha value is -1.17. The van der Waals surface area contributed by atoms with Gasteiger partial charge < -0.3 is 16.0 Å². The maximum atomic E-state index is 11.2. The summed E-state index contributed by atoms with van der Waals surface area (Å²) in [4.78, 5) is 23.9. The molecule has 0 aromatic carbocycles. The molecule has 5 nitrogen and oxygen atoms in total. The Bertz CT molecular complexity index is 243. The molecule has 3 N–H and O–H groups in total. The topological polar surface area (TPSA) is 75.4 Å². The highest BCUT2D eigenvalue weighted by Crippen LogP contribution is 1.84. The van der Waals surface area contributed by atoms with Gasteiger partial charge in [-0.15, -0.1) is 0 Å². The first-order chi connectivity index (χ1) is 6.47. The molecule has 14 heavy (non-hydrogen) atoms. The second kappa shape index (κ2) is 6.31. The van der Waals surface area contributed by atoms with E-state index in [0.717, 1.165) is 0 Å². The molecule has 0 aromatic rings. The van der Waals surface area contributed by atoms with Crippen LogP contribution in [0.3, 0.4) is 0 Å². The monoisotopic (exact) mass is 217 g/mol. The zero-order valence-electron chi connectivity index (χ0n) is 8.37. The summed E-state index contributed by atoms with van der Waals surface area (Å²) in [6.45, 7) is 2.46. The number of amides is 2. The highest BCUT2D eigenvalue weighted by atomic mass is 32.1. The van der Waals surface area contributed by atoms with Crippen LogP contribution in [0.25, 0.3) is 0 Å². The van der Waals surface area contributed by atoms with Gasteiger partial charge in [-0.05, 0) is 6.92 Å². The third kappa shape index (κ3) is 5.47. The summed E-state index contributed by atoms with van der Waals surface area (Å²) in [5.41, 5.74) is 5.16. The number of carbonyl (C=O) groups is 2. The van der Waals surface area contributed by atoms with Crippen LogP contribution in [0.15, 0.2) is 0 Å². The van der Waals surface area contributed by atoms with Crippen molar-refractivity contribution in [3.8, 4) is 0 Å². The lowest BCUT2D eigenvalue weighted by Gasteiger charge is -2.14. The summed E-state index contributed by atoms with van der Waals surface area (Å²) < 4.78 is 0. The molecule has 0 spiro atoms. The molecule has 0 aliphatic heterocycles. The zero-order valence-corrected chi connectivity index (χ0v) is 9.19. The van der Waals surface area contributed by atoms with Crippen LogP contribution < -0.4 is 11.1 Å². The molecule has 0 heterocycles. The van der Waals surface area contributed by atoms with Gasteiger partial charge in [0.05, 0.1) is 18.0 Å². The SMILES string of the molecule is CCN(C)C(=O)CNC(=O)CC(N)=S. The van der Waals surface area contributed by atoms with E-state index in [0.29, 0.717) is 6.54 Å². The first-order valence-corrected chi connectivity index (χ1v) is 4.67. The number of carbonyl (C=O) groups excluding carboxylic acids is 2. The molecule has 0 aliphatic rings. The van der Waals surface area contributed by atoms with Crippen LogP contribution in [-0.4, -0.2) is 41.8 Å². The van der Waals surface area contributed by atoms with Gasteiger partial charge in [0.2, 0.25) is 11.8 Å². The number of nitrogens with two attached hydrogens (primary N) is 1. The van der Waals surface area contributed by atoms with Gasteiger partial charge in [0.15, 0.2) is 0 Å². The van der Waals surface area contributed by atoms with Gasteiger partial charge in [-0.2, -0.15) is 0 Å². The van der Waals surface area contributed by atoms with Crippen molar-refractivity contribution in [2.45, 2.75) is 13.3 Å². The first-order valence-electron chi connectivity index (χ1n) is 4.26. The number of likely N-dealkylation sites (N-methyl/N-ethyl adjacent to an activating group) is 1. The fraction of sp³-hybridized carbons (Fsp3) is 0.625. The summed E-state index contributed by atoms with van der Waals surface area (Å²) in [5.74, 6) is -0.459. The van der Waals surface area contributed by atoms with E-state index in [-0.39, 0.29) is 29.8 Å². The molecular formula is C8H15N3O2S. The Balaban J connectivity index is 3.77. The van der Waals surface area contributed by atoms with Crippen molar-refractivity contribution in [3.05, 3.63) is 0 Å². The highest BCUT2D eigenvalue weighted by Gasteiger charge is 2.08. The van der Waals surface area contributed by atoms with Gasteiger partial charge in [0.1, 0.15) is 0 Å². The van der Waals surface area contributed by atoms with Crippen molar-refractivity contribution < 1.29 is 9.59 Å². The van der Waals surface area contributed by atoms with Gasteiger partial charge in [-0.1, -0.05) is 12.2 Å². The van der Waals surface area contributed by atoms with E-state index in [9.17, 15) is 9.59 Å². The van der Waals surface area contributed by atoms with Crippen LogP contribution in [0, 0.1) is 0 Å². The maximum absolute atomic E-state index is 11.2.